The van der Waals surface area contributed by atoms with Gasteiger partial charge in [0.1, 0.15) is 0 Å². The van der Waals surface area contributed by atoms with E-state index in [0.717, 1.165) is 0 Å². The van der Waals surface area contributed by atoms with Crippen LogP contribution in [0.1, 0.15) is 43.6 Å². The summed E-state index contributed by atoms with van der Waals surface area (Å²) in [6, 6.07) is 3.25. The Bertz CT molecular complexity index is 447. The van der Waals surface area contributed by atoms with Gasteiger partial charge in [-0.3, -0.25) is 4.79 Å². The van der Waals surface area contributed by atoms with E-state index in [-0.39, 0.29) is 17.1 Å². The first-order chi connectivity index (χ1) is 8.24. The van der Waals surface area contributed by atoms with E-state index in [1.54, 1.807) is 12.1 Å². The number of phenolic OH excluding ortho intramolecular Hbond substituents is 1. The molecule has 0 saturated carbocycles. The molecule has 1 aromatic rings. The molecule has 2 N–H and O–H groups in total. The molecule has 1 aromatic carbocycles. The third-order valence-electron chi connectivity index (χ3n) is 2.59. The Morgan fingerprint density at radius 2 is 2.00 bits per heavy atom. The fourth-order valence-electron chi connectivity index (χ4n) is 1.52. The van der Waals surface area contributed by atoms with Crippen molar-refractivity contribution in [2.24, 2.45) is 0 Å². The summed E-state index contributed by atoms with van der Waals surface area (Å²) < 4.78 is 5.08. The number of carbonyl (C=O) groups excluding carboxylic acids is 1. The van der Waals surface area contributed by atoms with Gasteiger partial charge >= 0.3 is 0 Å². The molecule has 0 amide bonds. The monoisotopic (exact) mass is 251 g/mol. The standard InChI is InChI=1S/C14H21NO3/c1-9(16)10-6-11(8-15-14(2,3)4)13(17)12(7-10)18-5/h6-7,15,17H,8H2,1-5H3. The Labute approximate surface area is 108 Å². The van der Waals surface area contributed by atoms with Crippen LogP contribution in [0, 0.1) is 0 Å². The number of phenols is 1. The predicted molar refractivity (Wildman–Crippen MR) is 71.3 cm³/mol. The second-order valence-corrected chi connectivity index (χ2v) is 5.35. The highest BCUT2D eigenvalue weighted by molar-refractivity contribution is 5.95. The summed E-state index contributed by atoms with van der Waals surface area (Å²) in [6.07, 6.45) is 0. The number of nitrogens with one attached hydrogen (secondary N) is 1. The summed E-state index contributed by atoms with van der Waals surface area (Å²) in [7, 11) is 1.47. The Kier molecular flexibility index (Phi) is 4.35. The van der Waals surface area contributed by atoms with Crippen molar-refractivity contribution in [2.45, 2.75) is 39.8 Å². The quantitative estimate of drug-likeness (QED) is 0.807. The first kappa shape index (κ1) is 14.5. The smallest absolute Gasteiger partial charge is 0.162 e. The third-order valence-corrected chi connectivity index (χ3v) is 2.59. The lowest BCUT2D eigenvalue weighted by Crippen LogP contribution is -2.35. The summed E-state index contributed by atoms with van der Waals surface area (Å²) in [5, 5.41) is 13.3. The number of aromatic hydroxyl groups is 1. The van der Waals surface area contributed by atoms with Crippen LogP contribution < -0.4 is 10.1 Å². The van der Waals surface area contributed by atoms with Crippen LogP contribution in [0.15, 0.2) is 12.1 Å². The molecule has 0 atom stereocenters. The average molecular weight is 251 g/mol. The van der Waals surface area contributed by atoms with Gasteiger partial charge in [0, 0.05) is 23.2 Å². The maximum Gasteiger partial charge on any atom is 0.162 e. The van der Waals surface area contributed by atoms with Crippen molar-refractivity contribution in [3.8, 4) is 11.5 Å². The van der Waals surface area contributed by atoms with E-state index >= 15 is 0 Å². The lowest BCUT2D eigenvalue weighted by atomic mass is 10.0. The van der Waals surface area contributed by atoms with E-state index < -0.39 is 0 Å². The highest BCUT2D eigenvalue weighted by atomic mass is 16.5. The second-order valence-electron chi connectivity index (χ2n) is 5.35. The minimum atomic E-state index is -0.0636. The van der Waals surface area contributed by atoms with E-state index in [4.69, 9.17) is 4.74 Å². The minimum Gasteiger partial charge on any atom is -0.504 e. The molecular formula is C14H21NO3. The number of carbonyl (C=O) groups is 1. The molecule has 0 heterocycles. The molecular weight excluding hydrogens is 230 g/mol. The molecule has 0 aliphatic rings. The zero-order valence-corrected chi connectivity index (χ0v) is 11.6. The van der Waals surface area contributed by atoms with Crippen molar-refractivity contribution in [3.63, 3.8) is 0 Å². The van der Waals surface area contributed by atoms with Crippen molar-refractivity contribution in [1.29, 1.82) is 0 Å². The van der Waals surface area contributed by atoms with E-state index in [0.29, 0.717) is 23.4 Å². The predicted octanol–water partition coefficient (Wildman–Crippen LogP) is 2.49. The zero-order chi connectivity index (χ0) is 13.9. The summed E-state index contributed by atoms with van der Waals surface area (Å²) in [6.45, 7) is 8.09. The molecule has 4 nitrogen and oxygen atoms in total. The summed E-state index contributed by atoms with van der Waals surface area (Å²) in [5.41, 5.74) is 1.14. The van der Waals surface area contributed by atoms with Gasteiger partial charge in [-0.25, -0.2) is 0 Å². The largest absolute Gasteiger partial charge is 0.504 e. The SMILES string of the molecule is COc1cc(C(C)=O)cc(CNC(C)(C)C)c1O. The van der Waals surface area contributed by atoms with Crippen molar-refractivity contribution < 1.29 is 14.6 Å². The molecule has 0 fully saturated rings. The van der Waals surface area contributed by atoms with Crippen molar-refractivity contribution in [3.05, 3.63) is 23.3 Å². The summed E-state index contributed by atoms with van der Waals surface area (Å²) in [5.74, 6) is 0.359. The molecule has 0 saturated heterocycles. The Balaban J connectivity index is 3.09. The Hall–Kier alpha value is -1.55. The maximum absolute atomic E-state index is 11.4. The van der Waals surface area contributed by atoms with Crippen LogP contribution in [0.3, 0.4) is 0 Å². The number of benzene rings is 1. The lowest BCUT2D eigenvalue weighted by Gasteiger charge is -2.21. The fraction of sp³-hybridized carbons (Fsp3) is 0.500. The van der Waals surface area contributed by atoms with Gasteiger partial charge in [0.25, 0.3) is 0 Å². The molecule has 0 unspecified atom stereocenters. The normalized spacial score (nSPS) is 11.4. The number of hydrogen-bond acceptors (Lipinski definition) is 4. The molecule has 18 heavy (non-hydrogen) atoms. The summed E-state index contributed by atoms with van der Waals surface area (Å²) in [4.78, 5) is 11.4. The first-order valence-electron chi connectivity index (χ1n) is 5.90. The highest BCUT2D eigenvalue weighted by Crippen LogP contribution is 2.31. The average Bonchev–Trinajstić information content (AvgIpc) is 2.26. The maximum atomic E-state index is 11.4. The molecule has 0 aromatic heterocycles. The van der Waals surface area contributed by atoms with Crippen molar-refractivity contribution in [2.75, 3.05) is 7.11 Å². The molecule has 0 aliphatic carbocycles. The highest BCUT2D eigenvalue weighted by Gasteiger charge is 2.15. The van der Waals surface area contributed by atoms with Gasteiger partial charge in [-0.1, -0.05) is 0 Å². The summed E-state index contributed by atoms with van der Waals surface area (Å²) >= 11 is 0. The zero-order valence-electron chi connectivity index (χ0n) is 11.6. The topological polar surface area (TPSA) is 58.6 Å². The van der Waals surface area contributed by atoms with Gasteiger partial charge in [0.2, 0.25) is 0 Å². The molecule has 100 valence electrons. The van der Waals surface area contributed by atoms with Crippen molar-refractivity contribution in [1.82, 2.24) is 5.32 Å². The van der Waals surface area contributed by atoms with Crippen LogP contribution in [-0.4, -0.2) is 23.5 Å². The number of hydrogen-bond donors (Lipinski definition) is 2. The molecule has 1 rings (SSSR count). The van der Waals surface area contributed by atoms with E-state index in [1.807, 2.05) is 20.8 Å². The van der Waals surface area contributed by atoms with Crippen LogP contribution >= 0.6 is 0 Å². The van der Waals surface area contributed by atoms with E-state index in [1.165, 1.54) is 14.0 Å². The van der Waals surface area contributed by atoms with Crippen LogP contribution in [-0.2, 0) is 6.54 Å². The molecule has 0 spiro atoms. The number of Topliss-reactive ketones (excluding diaryl/α,β-unsaturated/α-hetero) is 1. The first-order valence-corrected chi connectivity index (χ1v) is 5.90. The Morgan fingerprint density at radius 3 is 2.44 bits per heavy atom. The number of rotatable bonds is 4. The fourth-order valence-corrected chi connectivity index (χ4v) is 1.52. The van der Waals surface area contributed by atoms with Gasteiger partial charge in [0.15, 0.2) is 17.3 Å². The van der Waals surface area contributed by atoms with Gasteiger partial charge in [-0.15, -0.1) is 0 Å². The van der Waals surface area contributed by atoms with E-state index in [2.05, 4.69) is 5.32 Å². The molecule has 0 aliphatic heterocycles. The second kappa shape index (κ2) is 5.40. The van der Waals surface area contributed by atoms with Gasteiger partial charge in [0.05, 0.1) is 7.11 Å². The van der Waals surface area contributed by atoms with Crippen LogP contribution in [0.5, 0.6) is 11.5 Å². The molecule has 0 bridgehead atoms. The molecule has 4 heteroatoms. The van der Waals surface area contributed by atoms with Crippen LogP contribution in [0.25, 0.3) is 0 Å². The molecule has 0 radical (unpaired) electrons. The number of methoxy groups -OCH3 is 1. The minimum absolute atomic E-state index is 0.0506. The lowest BCUT2D eigenvalue weighted by molar-refractivity contribution is 0.101. The van der Waals surface area contributed by atoms with E-state index in [9.17, 15) is 9.90 Å². The Morgan fingerprint density at radius 1 is 1.39 bits per heavy atom. The van der Waals surface area contributed by atoms with Crippen LogP contribution in [0.4, 0.5) is 0 Å². The van der Waals surface area contributed by atoms with Crippen molar-refractivity contribution >= 4 is 5.78 Å². The van der Waals surface area contributed by atoms with Gasteiger partial charge in [-0.05, 0) is 39.8 Å². The number of ketones is 1. The third kappa shape index (κ3) is 3.74. The number of ether oxygens (including phenoxy) is 1. The van der Waals surface area contributed by atoms with Crippen LogP contribution in [0.2, 0.25) is 0 Å². The van der Waals surface area contributed by atoms with Gasteiger partial charge in [-0.2, -0.15) is 0 Å². The van der Waals surface area contributed by atoms with Gasteiger partial charge < -0.3 is 15.2 Å².